The average molecular weight is 395 g/mol. The molecule has 0 spiro atoms. The first-order valence-corrected chi connectivity index (χ1v) is 8.94. The maximum atomic E-state index is 13.8. The van der Waals surface area contributed by atoms with E-state index in [1.54, 1.807) is 25.3 Å². The van der Waals surface area contributed by atoms with Crippen LogP contribution in [0, 0.1) is 5.82 Å². The molecule has 29 heavy (non-hydrogen) atoms. The molecule has 1 amide bonds. The van der Waals surface area contributed by atoms with E-state index < -0.39 is 12.0 Å². The normalized spacial score (nSPS) is 15.5. The zero-order valence-corrected chi connectivity index (χ0v) is 15.6. The van der Waals surface area contributed by atoms with Crippen molar-refractivity contribution in [2.45, 2.75) is 19.1 Å². The number of carbonyl (C=O) groups is 1. The van der Waals surface area contributed by atoms with Crippen LogP contribution in [0.5, 0.6) is 5.75 Å². The topological polar surface area (TPSA) is 90.6 Å². The van der Waals surface area contributed by atoms with E-state index in [4.69, 9.17) is 9.57 Å². The van der Waals surface area contributed by atoms with Crippen LogP contribution >= 0.6 is 0 Å². The fourth-order valence-electron chi connectivity index (χ4n) is 2.98. The van der Waals surface area contributed by atoms with Gasteiger partial charge in [0.1, 0.15) is 17.9 Å². The van der Waals surface area contributed by atoms with Gasteiger partial charge in [-0.3, -0.25) is 10.1 Å². The quantitative estimate of drug-likeness (QED) is 0.693. The van der Waals surface area contributed by atoms with Gasteiger partial charge in [0.15, 0.2) is 0 Å². The predicted molar refractivity (Wildman–Crippen MR) is 103 cm³/mol. The van der Waals surface area contributed by atoms with E-state index in [0.29, 0.717) is 23.4 Å². The monoisotopic (exact) mass is 395 g/mol. The zero-order valence-electron chi connectivity index (χ0n) is 15.6. The van der Waals surface area contributed by atoms with E-state index in [9.17, 15) is 9.18 Å². The molecule has 0 saturated heterocycles. The molecule has 148 valence electrons. The van der Waals surface area contributed by atoms with Gasteiger partial charge in [0.25, 0.3) is 5.91 Å². The number of nitrogens with one attached hydrogen (secondary N) is 1. The molecule has 0 fully saturated rings. The van der Waals surface area contributed by atoms with Crippen molar-refractivity contribution in [1.82, 2.24) is 14.8 Å². The summed E-state index contributed by atoms with van der Waals surface area (Å²) in [6.07, 6.45) is 0.921. The van der Waals surface area contributed by atoms with E-state index in [0.717, 1.165) is 5.56 Å². The molecule has 1 N–H and O–H groups in total. The van der Waals surface area contributed by atoms with Gasteiger partial charge in [0.2, 0.25) is 12.1 Å². The third-order valence-electron chi connectivity index (χ3n) is 4.44. The third kappa shape index (κ3) is 4.08. The van der Waals surface area contributed by atoms with Crippen LogP contribution in [0.4, 0.5) is 10.3 Å². The van der Waals surface area contributed by atoms with Crippen molar-refractivity contribution in [2.75, 3.05) is 12.4 Å². The number of hydrogen-bond donors (Lipinski definition) is 1. The Morgan fingerprint density at radius 1 is 1.28 bits per heavy atom. The third-order valence-corrected chi connectivity index (χ3v) is 4.44. The minimum atomic E-state index is -0.798. The Balaban J connectivity index is 1.37. The van der Waals surface area contributed by atoms with Crippen molar-refractivity contribution in [2.24, 2.45) is 5.16 Å². The summed E-state index contributed by atoms with van der Waals surface area (Å²) >= 11 is 0. The highest BCUT2D eigenvalue weighted by atomic mass is 19.1. The van der Waals surface area contributed by atoms with Gasteiger partial charge in [-0.05, 0) is 18.2 Å². The van der Waals surface area contributed by atoms with Crippen LogP contribution in [-0.2, 0) is 16.2 Å². The summed E-state index contributed by atoms with van der Waals surface area (Å²) < 4.78 is 20.5. The Morgan fingerprint density at radius 2 is 2.07 bits per heavy atom. The Bertz CT molecular complexity index is 1070. The Hall–Kier alpha value is -3.75. The summed E-state index contributed by atoms with van der Waals surface area (Å²) in [6.45, 7) is 0.205. The van der Waals surface area contributed by atoms with E-state index in [1.165, 1.54) is 17.1 Å². The van der Waals surface area contributed by atoms with Crippen LogP contribution in [0.25, 0.3) is 0 Å². The second kappa shape index (κ2) is 8.09. The SMILES string of the molecule is COc1ccccc1C1=NOC(C(=O)Nc2ncn(Cc3ccccc3F)n2)C1. The summed E-state index contributed by atoms with van der Waals surface area (Å²) in [7, 11) is 1.57. The summed E-state index contributed by atoms with van der Waals surface area (Å²) in [5.41, 5.74) is 1.88. The number of nitrogens with zero attached hydrogens (tertiary/aromatic N) is 4. The lowest BCUT2D eigenvalue weighted by atomic mass is 10.0. The van der Waals surface area contributed by atoms with Crippen LogP contribution in [0.1, 0.15) is 17.5 Å². The van der Waals surface area contributed by atoms with Crippen molar-refractivity contribution in [3.05, 3.63) is 71.8 Å². The Morgan fingerprint density at radius 3 is 2.90 bits per heavy atom. The smallest absolute Gasteiger partial charge is 0.271 e. The molecule has 2 aromatic carbocycles. The van der Waals surface area contributed by atoms with E-state index in [2.05, 4.69) is 20.6 Å². The molecule has 1 aliphatic rings. The second-order valence-corrected chi connectivity index (χ2v) is 6.38. The molecule has 2 heterocycles. The number of oxime groups is 1. The predicted octanol–water partition coefficient (Wildman–Crippen LogP) is 2.61. The Kier molecular flexibility index (Phi) is 5.19. The molecular formula is C20H18FN5O3. The number of aromatic nitrogens is 3. The molecular weight excluding hydrogens is 377 g/mol. The molecule has 0 radical (unpaired) electrons. The minimum absolute atomic E-state index is 0.112. The molecule has 0 bridgehead atoms. The first-order valence-electron chi connectivity index (χ1n) is 8.94. The second-order valence-electron chi connectivity index (χ2n) is 6.38. The first kappa shape index (κ1) is 18.6. The van der Waals surface area contributed by atoms with Crippen molar-refractivity contribution in [1.29, 1.82) is 0 Å². The molecule has 1 aliphatic heterocycles. The number of anilines is 1. The van der Waals surface area contributed by atoms with Crippen molar-refractivity contribution >= 4 is 17.6 Å². The van der Waals surface area contributed by atoms with Gasteiger partial charge in [-0.1, -0.05) is 35.5 Å². The fourth-order valence-corrected chi connectivity index (χ4v) is 2.98. The van der Waals surface area contributed by atoms with Crippen molar-refractivity contribution in [3.8, 4) is 5.75 Å². The zero-order chi connectivity index (χ0) is 20.2. The lowest BCUT2D eigenvalue weighted by Crippen LogP contribution is -2.28. The number of hydrogen-bond acceptors (Lipinski definition) is 6. The van der Waals surface area contributed by atoms with Gasteiger partial charge in [0, 0.05) is 17.5 Å². The number of carbonyl (C=O) groups excluding carboxylic acids is 1. The molecule has 0 saturated carbocycles. The lowest BCUT2D eigenvalue weighted by Gasteiger charge is -2.08. The van der Waals surface area contributed by atoms with E-state index >= 15 is 0 Å². The van der Waals surface area contributed by atoms with Gasteiger partial charge >= 0.3 is 0 Å². The van der Waals surface area contributed by atoms with Crippen LogP contribution in [0.3, 0.4) is 0 Å². The summed E-state index contributed by atoms with van der Waals surface area (Å²) in [6, 6.07) is 13.8. The van der Waals surface area contributed by atoms with Crippen molar-refractivity contribution in [3.63, 3.8) is 0 Å². The largest absolute Gasteiger partial charge is 0.496 e. The maximum Gasteiger partial charge on any atom is 0.271 e. The first-order chi connectivity index (χ1) is 14.1. The molecule has 3 aromatic rings. The fraction of sp³-hybridized carbons (Fsp3) is 0.200. The number of ether oxygens (including phenoxy) is 1. The van der Waals surface area contributed by atoms with Crippen LogP contribution in [0.15, 0.2) is 60.0 Å². The molecule has 1 aromatic heterocycles. The number of halogens is 1. The summed E-state index contributed by atoms with van der Waals surface area (Å²) in [4.78, 5) is 21.8. The number of methoxy groups -OCH3 is 1. The van der Waals surface area contributed by atoms with Gasteiger partial charge in [-0.2, -0.15) is 0 Å². The van der Waals surface area contributed by atoms with Gasteiger partial charge in [-0.25, -0.2) is 14.1 Å². The number of rotatable bonds is 6. The van der Waals surface area contributed by atoms with Crippen LogP contribution < -0.4 is 10.1 Å². The highest BCUT2D eigenvalue weighted by Crippen LogP contribution is 2.24. The molecule has 1 atom stereocenters. The standard InChI is InChI=1S/C20H18FN5O3/c1-28-17-9-5-3-7-14(17)16-10-18(29-25-16)19(27)23-20-22-12-26(24-20)11-13-6-2-4-8-15(13)21/h2-9,12,18H,10-11H2,1H3,(H,23,24,27). The van der Waals surface area contributed by atoms with Gasteiger partial charge in [0.05, 0.1) is 19.4 Å². The minimum Gasteiger partial charge on any atom is -0.496 e. The average Bonchev–Trinajstić information content (AvgIpc) is 3.39. The number of para-hydroxylation sites is 1. The van der Waals surface area contributed by atoms with E-state index in [1.807, 2.05) is 24.3 Å². The summed E-state index contributed by atoms with van der Waals surface area (Å²) in [5.74, 6) is 0.0291. The highest BCUT2D eigenvalue weighted by Gasteiger charge is 2.30. The van der Waals surface area contributed by atoms with Gasteiger partial charge < -0.3 is 9.57 Å². The highest BCUT2D eigenvalue weighted by molar-refractivity contribution is 6.07. The summed E-state index contributed by atoms with van der Waals surface area (Å²) in [5, 5.41) is 10.8. The molecule has 0 aliphatic carbocycles. The van der Waals surface area contributed by atoms with Crippen LogP contribution in [-0.4, -0.2) is 39.6 Å². The molecule has 9 heteroatoms. The van der Waals surface area contributed by atoms with Crippen molar-refractivity contribution < 1.29 is 18.8 Å². The maximum absolute atomic E-state index is 13.8. The molecule has 1 unspecified atom stereocenters. The lowest BCUT2D eigenvalue weighted by molar-refractivity contribution is -0.125. The number of amides is 1. The van der Waals surface area contributed by atoms with Gasteiger partial charge in [-0.15, -0.1) is 5.10 Å². The number of benzene rings is 2. The van der Waals surface area contributed by atoms with Crippen LogP contribution in [0.2, 0.25) is 0 Å². The molecule has 4 rings (SSSR count). The van der Waals surface area contributed by atoms with E-state index in [-0.39, 0.29) is 18.3 Å². The molecule has 8 nitrogen and oxygen atoms in total. The Labute approximate surface area is 166 Å².